The normalized spacial score (nSPS) is 11.4. The highest BCUT2D eigenvalue weighted by Crippen LogP contribution is 2.30. The van der Waals surface area contributed by atoms with Gasteiger partial charge < -0.3 is 14.2 Å². The standard InChI is InChI=1S/C13H11NO3/c1-14-7-10(15)12-9-3-5-16-11(9)6-8-2-4-17-13(8)12/h2-6,14H,7H2,1H3. The summed E-state index contributed by atoms with van der Waals surface area (Å²) in [4.78, 5) is 12.1. The van der Waals surface area contributed by atoms with Crippen LogP contribution in [0, 0.1) is 0 Å². The first-order valence-corrected chi connectivity index (χ1v) is 5.36. The second-order valence-corrected chi connectivity index (χ2v) is 3.88. The molecule has 1 N–H and O–H groups in total. The summed E-state index contributed by atoms with van der Waals surface area (Å²) in [5.74, 6) is -0.000509. The van der Waals surface area contributed by atoms with Gasteiger partial charge in [-0.3, -0.25) is 4.79 Å². The van der Waals surface area contributed by atoms with E-state index in [1.165, 1.54) is 0 Å². The van der Waals surface area contributed by atoms with E-state index in [1.54, 1.807) is 25.6 Å². The number of benzene rings is 1. The molecule has 17 heavy (non-hydrogen) atoms. The van der Waals surface area contributed by atoms with Crippen LogP contribution in [0.2, 0.25) is 0 Å². The van der Waals surface area contributed by atoms with Gasteiger partial charge in [0.15, 0.2) is 5.78 Å². The molecule has 0 bridgehead atoms. The summed E-state index contributed by atoms with van der Waals surface area (Å²) in [6.45, 7) is 0.278. The van der Waals surface area contributed by atoms with E-state index in [1.807, 2.05) is 12.1 Å². The van der Waals surface area contributed by atoms with Crippen molar-refractivity contribution >= 4 is 27.7 Å². The molecular weight excluding hydrogens is 218 g/mol. The first kappa shape index (κ1) is 10.1. The number of nitrogens with one attached hydrogen (secondary N) is 1. The Morgan fingerprint density at radius 3 is 2.94 bits per heavy atom. The third-order valence-electron chi connectivity index (χ3n) is 2.79. The zero-order chi connectivity index (χ0) is 11.8. The molecule has 0 aliphatic heterocycles. The molecule has 86 valence electrons. The molecule has 0 aliphatic carbocycles. The zero-order valence-corrected chi connectivity index (χ0v) is 9.32. The van der Waals surface area contributed by atoms with Gasteiger partial charge in [0.1, 0.15) is 11.2 Å². The Labute approximate surface area is 97.2 Å². The van der Waals surface area contributed by atoms with Crippen LogP contribution >= 0.6 is 0 Å². The minimum atomic E-state index is -0.000509. The van der Waals surface area contributed by atoms with E-state index in [0.717, 1.165) is 10.8 Å². The number of Topliss-reactive ketones (excluding diaryl/α,β-unsaturated/α-hetero) is 1. The summed E-state index contributed by atoms with van der Waals surface area (Å²) in [6.07, 6.45) is 3.17. The van der Waals surface area contributed by atoms with Crippen molar-refractivity contribution in [1.82, 2.24) is 5.32 Å². The molecule has 0 saturated heterocycles. The fourth-order valence-corrected chi connectivity index (χ4v) is 2.06. The molecule has 0 fully saturated rings. The fraction of sp³-hybridized carbons (Fsp3) is 0.154. The van der Waals surface area contributed by atoms with E-state index in [0.29, 0.717) is 16.7 Å². The summed E-state index contributed by atoms with van der Waals surface area (Å²) in [7, 11) is 1.74. The number of fused-ring (bicyclic) bond motifs is 2. The molecule has 4 nitrogen and oxygen atoms in total. The number of rotatable bonds is 3. The maximum atomic E-state index is 12.1. The minimum Gasteiger partial charge on any atom is -0.464 e. The van der Waals surface area contributed by atoms with Crippen molar-refractivity contribution in [3.05, 3.63) is 36.3 Å². The Morgan fingerprint density at radius 2 is 2.12 bits per heavy atom. The maximum absolute atomic E-state index is 12.1. The Hall–Kier alpha value is -2.07. The van der Waals surface area contributed by atoms with Gasteiger partial charge in [-0.2, -0.15) is 0 Å². The van der Waals surface area contributed by atoms with Crippen LogP contribution in [0.25, 0.3) is 21.9 Å². The van der Waals surface area contributed by atoms with Crippen molar-refractivity contribution in [2.24, 2.45) is 0 Å². The van der Waals surface area contributed by atoms with Crippen LogP contribution < -0.4 is 5.32 Å². The second-order valence-electron chi connectivity index (χ2n) is 3.88. The van der Waals surface area contributed by atoms with Crippen molar-refractivity contribution in [3.8, 4) is 0 Å². The topological polar surface area (TPSA) is 55.4 Å². The van der Waals surface area contributed by atoms with Gasteiger partial charge in [-0.25, -0.2) is 0 Å². The molecule has 0 radical (unpaired) electrons. The van der Waals surface area contributed by atoms with Gasteiger partial charge in [0.2, 0.25) is 0 Å². The smallest absolute Gasteiger partial charge is 0.181 e. The number of ketones is 1. The first-order valence-electron chi connectivity index (χ1n) is 5.36. The third kappa shape index (κ3) is 1.45. The van der Waals surface area contributed by atoms with Crippen LogP contribution in [0.3, 0.4) is 0 Å². The van der Waals surface area contributed by atoms with E-state index >= 15 is 0 Å². The molecule has 0 unspecified atom stereocenters. The van der Waals surface area contributed by atoms with Crippen molar-refractivity contribution < 1.29 is 13.6 Å². The summed E-state index contributed by atoms with van der Waals surface area (Å²) >= 11 is 0. The van der Waals surface area contributed by atoms with Crippen molar-refractivity contribution in [1.29, 1.82) is 0 Å². The molecule has 4 heteroatoms. The Morgan fingerprint density at radius 1 is 1.29 bits per heavy atom. The molecule has 0 amide bonds. The van der Waals surface area contributed by atoms with Gasteiger partial charge in [0, 0.05) is 10.8 Å². The number of hydrogen-bond donors (Lipinski definition) is 1. The lowest BCUT2D eigenvalue weighted by Gasteiger charge is -2.02. The second kappa shape index (κ2) is 3.75. The summed E-state index contributed by atoms with van der Waals surface area (Å²) in [5, 5.41) is 4.54. The Bertz CT molecular complexity index is 644. The van der Waals surface area contributed by atoms with Gasteiger partial charge >= 0.3 is 0 Å². The van der Waals surface area contributed by atoms with Gasteiger partial charge in [0.05, 0.1) is 24.6 Å². The van der Waals surface area contributed by atoms with Crippen LogP contribution in [-0.2, 0) is 0 Å². The molecule has 3 rings (SSSR count). The average molecular weight is 229 g/mol. The predicted molar refractivity (Wildman–Crippen MR) is 64.2 cm³/mol. The van der Waals surface area contributed by atoms with Gasteiger partial charge in [-0.05, 0) is 25.2 Å². The monoisotopic (exact) mass is 229 g/mol. The highest BCUT2D eigenvalue weighted by atomic mass is 16.3. The minimum absolute atomic E-state index is 0.000509. The lowest BCUT2D eigenvalue weighted by atomic mass is 10.0. The highest BCUT2D eigenvalue weighted by molar-refractivity contribution is 6.17. The van der Waals surface area contributed by atoms with Gasteiger partial charge in [-0.1, -0.05) is 0 Å². The molecule has 0 atom stereocenters. The number of furan rings is 2. The molecule has 0 spiro atoms. The predicted octanol–water partition coefficient (Wildman–Crippen LogP) is 2.58. The summed E-state index contributed by atoms with van der Waals surface area (Å²) in [6, 6.07) is 5.50. The van der Waals surface area contributed by atoms with E-state index in [4.69, 9.17) is 8.83 Å². The van der Waals surface area contributed by atoms with Crippen LogP contribution in [0.15, 0.2) is 39.6 Å². The summed E-state index contributed by atoms with van der Waals surface area (Å²) in [5.41, 5.74) is 1.92. The number of likely N-dealkylation sites (N-methyl/N-ethyl adjacent to an activating group) is 1. The molecular formula is C13H11NO3. The highest BCUT2D eigenvalue weighted by Gasteiger charge is 2.18. The lowest BCUT2D eigenvalue weighted by Crippen LogP contribution is -2.18. The van der Waals surface area contributed by atoms with Gasteiger partial charge in [0.25, 0.3) is 0 Å². The third-order valence-corrected chi connectivity index (χ3v) is 2.79. The average Bonchev–Trinajstić information content (AvgIpc) is 2.92. The van der Waals surface area contributed by atoms with Crippen molar-refractivity contribution in [3.63, 3.8) is 0 Å². The Kier molecular flexibility index (Phi) is 2.23. The molecule has 2 heterocycles. The van der Waals surface area contributed by atoms with E-state index in [2.05, 4.69) is 5.32 Å². The first-order chi connectivity index (χ1) is 8.31. The van der Waals surface area contributed by atoms with E-state index in [9.17, 15) is 4.79 Å². The van der Waals surface area contributed by atoms with E-state index < -0.39 is 0 Å². The zero-order valence-electron chi connectivity index (χ0n) is 9.32. The SMILES string of the molecule is CNCC(=O)c1c2ccoc2cc2ccoc12. The largest absolute Gasteiger partial charge is 0.464 e. The van der Waals surface area contributed by atoms with Crippen LogP contribution in [0.5, 0.6) is 0 Å². The fourth-order valence-electron chi connectivity index (χ4n) is 2.06. The van der Waals surface area contributed by atoms with Gasteiger partial charge in [-0.15, -0.1) is 0 Å². The van der Waals surface area contributed by atoms with Crippen LogP contribution in [0.1, 0.15) is 10.4 Å². The Balaban J connectivity index is 2.37. The van der Waals surface area contributed by atoms with Crippen molar-refractivity contribution in [2.75, 3.05) is 13.6 Å². The maximum Gasteiger partial charge on any atom is 0.181 e. The molecule has 1 aromatic carbocycles. The molecule has 0 saturated carbocycles. The summed E-state index contributed by atoms with van der Waals surface area (Å²) < 4.78 is 10.8. The lowest BCUT2D eigenvalue weighted by molar-refractivity contribution is 0.0996. The molecule has 3 aromatic rings. The number of carbonyl (C=O) groups is 1. The van der Waals surface area contributed by atoms with E-state index in [-0.39, 0.29) is 12.3 Å². The van der Waals surface area contributed by atoms with Crippen LogP contribution in [-0.4, -0.2) is 19.4 Å². The van der Waals surface area contributed by atoms with Crippen LogP contribution in [0.4, 0.5) is 0 Å². The quantitative estimate of drug-likeness (QED) is 0.701. The van der Waals surface area contributed by atoms with Crippen molar-refractivity contribution in [2.45, 2.75) is 0 Å². The molecule has 0 aliphatic rings. The molecule has 2 aromatic heterocycles. The number of carbonyl (C=O) groups excluding carboxylic acids is 1. The number of hydrogen-bond acceptors (Lipinski definition) is 4.